The normalized spacial score (nSPS) is 21.6. The molecule has 0 saturated carbocycles. The number of benzene rings is 1. The molecule has 1 aromatic rings. The zero-order chi connectivity index (χ0) is 13.8. The molecule has 2 rings (SSSR count). The van der Waals surface area contributed by atoms with Crippen molar-refractivity contribution in [3.63, 3.8) is 0 Å². The summed E-state index contributed by atoms with van der Waals surface area (Å²) in [5.74, 6) is -0.839. The van der Waals surface area contributed by atoms with Crippen LogP contribution in [0.2, 0.25) is 0 Å². The molecule has 0 spiro atoms. The van der Waals surface area contributed by atoms with Gasteiger partial charge in [-0.3, -0.25) is 9.59 Å². The summed E-state index contributed by atoms with van der Waals surface area (Å²) in [5, 5.41) is 11.6. The Morgan fingerprint density at radius 3 is 2.74 bits per heavy atom. The monoisotopic (exact) mass is 258 g/mol. The van der Waals surface area contributed by atoms with Gasteiger partial charge in [0.2, 0.25) is 5.91 Å². The zero-order valence-electron chi connectivity index (χ0n) is 10.6. The van der Waals surface area contributed by atoms with E-state index in [-0.39, 0.29) is 30.3 Å². The van der Waals surface area contributed by atoms with E-state index in [1.807, 2.05) is 18.2 Å². The molecule has 1 aliphatic heterocycles. The summed E-state index contributed by atoms with van der Waals surface area (Å²) in [7, 11) is 1.31. The minimum absolute atomic E-state index is 0.102. The van der Waals surface area contributed by atoms with Crippen LogP contribution in [0.15, 0.2) is 24.3 Å². The summed E-state index contributed by atoms with van der Waals surface area (Å²) in [5.41, 5.74) is 1.53. The molecule has 2 atom stereocenters. The van der Waals surface area contributed by atoms with Crippen molar-refractivity contribution in [1.29, 1.82) is 5.26 Å². The Labute approximate surface area is 111 Å². The van der Waals surface area contributed by atoms with Crippen LogP contribution in [-0.4, -0.2) is 19.0 Å². The molecule has 1 saturated heterocycles. The molecule has 5 heteroatoms. The molecule has 0 aromatic heterocycles. The molecular formula is C14H14N2O3. The fraction of sp³-hybridized carbons (Fsp3) is 0.357. The van der Waals surface area contributed by atoms with Crippen molar-refractivity contribution in [2.45, 2.75) is 18.9 Å². The quantitative estimate of drug-likeness (QED) is 0.829. The van der Waals surface area contributed by atoms with Gasteiger partial charge in [0.05, 0.1) is 37.1 Å². The topological polar surface area (TPSA) is 79.2 Å². The van der Waals surface area contributed by atoms with Crippen LogP contribution in [0.4, 0.5) is 0 Å². The van der Waals surface area contributed by atoms with Crippen LogP contribution in [0, 0.1) is 17.2 Å². The zero-order valence-corrected chi connectivity index (χ0v) is 10.6. The summed E-state index contributed by atoms with van der Waals surface area (Å²) in [6.45, 7) is 0. The molecule has 0 aliphatic carbocycles. The van der Waals surface area contributed by atoms with Gasteiger partial charge in [0.1, 0.15) is 0 Å². The Kier molecular flexibility index (Phi) is 3.81. The first-order chi connectivity index (χ1) is 9.13. The van der Waals surface area contributed by atoms with Gasteiger partial charge in [-0.15, -0.1) is 0 Å². The Morgan fingerprint density at radius 2 is 2.16 bits per heavy atom. The lowest BCUT2D eigenvalue weighted by atomic mass is 9.97. The summed E-state index contributed by atoms with van der Waals surface area (Å²) >= 11 is 0. The summed E-state index contributed by atoms with van der Waals surface area (Å²) in [6, 6.07) is 9.03. The minimum Gasteiger partial charge on any atom is -0.469 e. The molecule has 0 bridgehead atoms. The molecule has 1 N–H and O–H groups in total. The average Bonchev–Trinajstić information content (AvgIpc) is 2.80. The standard InChI is InChI=1S/C14H14N2O3/c1-19-13(17)7-11-6-12(16-14(11)18)10-4-2-9(8-15)3-5-10/h2-5,11-12H,6-7H2,1H3,(H,16,18)/t11-,12+/m1/s1. The van der Waals surface area contributed by atoms with Crippen molar-refractivity contribution in [1.82, 2.24) is 5.32 Å². The second kappa shape index (κ2) is 5.53. The van der Waals surface area contributed by atoms with Crippen LogP contribution in [-0.2, 0) is 14.3 Å². The molecule has 98 valence electrons. The summed E-state index contributed by atoms with van der Waals surface area (Å²) in [6.07, 6.45) is 0.676. The molecule has 1 amide bonds. The van der Waals surface area contributed by atoms with E-state index in [4.69, 9.17) is 5.26 Å². The van der Waals surface area contributed by atoms with E-state index in [1.165, 1.54) is 7.11 Å². The highest BCUT2D eigenvalue weighted by molar-refractivity contribution is 5.85. The van der Waals surface area contributed by atoms with Gasteiger partial charge < -0.3 is 10.1 Å². The molecule has 5 nitrogen and oxygen atoms in total. The Bertz CT molecular complexity index is 531. The summed E-state index contributed by atoms with van der Waals surface area (Å²) in [4.78, 5) is 23.0. The van der Waals surface area contributed by atoms with Gasteiger partial charge in [-0.1, -0.05) is 12.1 Å². The van der Waals surface area contributed by atoms with E-state index in [2.05, 4.69) is 10.1 Å². The first kappa shape index (κ1) is 13.1. The lowest BCUT2D eigenvalue weighted by Gasteiger charge is -2.10. The molecule has 1 fully saturated rings. The van der Waals surface area contributed by atoms with Gasteiger partial charge in [0.25, 0.3) is 0 Å². The van der Waals surface area contributed by atoms with E-state index in [1.54, 1.807) is 12.1 Å². The van der Waals surface area contributed by atoms with Crippen molar-refractivity contribution in [2.75, 3.05) is 7.11 Å². The Balaban J connectivity index is 2.05. The Hall–Kier alpha value is -2.35. The van der Waals surface area contributed by atoms with Gasteiger partial charge in [-0.25, -0.2) is 0 Å². The van der Waals surface area contributed by atoms with Gasteiger partial charge in [0.15, 0.2) is 0 Å². The highest BCUT2D eigenvalue weighted by Gasteiger charge is 2.34. The van der Waals surface area contributed by atoms with E-state index in [0.717, 1.165) is 5.56 Å². The number of ether oxygens (including phenoxy) is 1. The third-order valence-electron chi connectivity index (χ3n) is 3.29. The van der Waals surface area contributed by atoms with Crippen LogP contribution in [0.3, 0.4) is 0 Å². The molecule has 1 heterocycles. The predicted molar refractivity (Wildman–Crippen MR) is 66.8 cm³/mol. The highest BCUT2D eigenvalue weighted by atomic mass is 16.5. The number of methoxy groups -OCH3 is 1. The smallest absolute Gasteiger partial charge is 0.306 e. The second-order valence-electron chi connectivity index (χ2n) is 4.51. The fourth-order valence-corrected chi connectivity index (χ4v) is 2.21. The van der Waals surface area contributed by atoms with Gasteiger partial charge in [0, 0.05) is 0 Å². The van der Waals surface area contributed by atoms with Crippen molar-refractivity contribution < 1.29 is 14.3 Å². The third kappa shape index (κ3) is 2.91. The molecular weight excluding hydrogens is 244 g/mol. The number of hydrogen-bond acceptors (Lipinski definition) is 4. The predicted octanol–water partition coefficient (Wildman–Crippen LogP) is 1.30. The molecule has 1 aromatic carbocycles. The average molecular weight is 258 g/mol. The lowest BCUT2D eigenvalue weighted by Crippen LogP contribution is -2.23. The van der Waals surface area contributed by atoms with Crippen molar-refractivity contribution in [3.05, 3.63) is 35.4 Å². The van der Waals surface area contributed by atoms with E-state index in [0.29, 0.717) is 12.0 Å². The maximum atomic E-state index is 11.8. The van der Waals surface area contributed by atoms with Crippen LogP contribution in [0.25, 0.3) is 0 Å². The van der Waals surface area contributed by atoms with Crippen LogP contribution >= 0.6 is 0 Å². The first-order valence-electron chi connectivity index (χ1n) is 6.01. The number of nitrogens with one attached hydrogen (secondary N) is 1. The van der Waals surface area contributed by atoms with E-state index >= 15 is 0 Å². The molecule has 1 aliphatic rings. The van der Waals surface area contributed by atoms with E-state index < -0.39 is 0 Å². The van der Waals surface area contributed by atoms with Crippen LogP contribution in [0.5, 0.6) is 0 Å². The number of esters is 1. The van der Waals surface area contributed by atoms with Crippen LogP contribution in [0.1, 0.15) is 30.0 Å². The number of hydrogen-bond donors (Lipinski definition) is 1. The van der Waals surface area contributed by atoms with Gasteiger partial charge in [-0.05, 0) is 24.1 Å². The largest absolute Gasteiger partial charge is 0.469 e. The third-order valence-corrected chi connectivity index (χ3v) is 3.29. The lowest BCUT2D eigenvalue weighted by molar-refractivity contribution is -0.143. The molecule has 0 unspecified atom stereocenters. The minimum atomic E-state index is -0.374. The first-order valence-corrected chi connectivity index (χ1v) is 6.01. The maximum Gasteiger partial charge on any atom is 0.306 e. The van der Waals surface area contributed by atoms with Crippen LogP contribution < -0.4 is 5.32 Å². The van der Waals surface area contributed by atoms with Gasteiger partial charge in [-0.2, -0.15) is 5.26 Å². The fourth-order valence-electron chi connectivity index (χ4n) is 2.21. The maximum absolute atomic E-state index is 11.8. The van der Waals surface area contributed by atoms with Crippen molar-refractivity contribution in [3.8, 4) is 6.07 Å². The Morgan fingerprint density at radius 1 is 1.47 bits per heavy atom. The van der Waals surface area contributed by atoms with E-state index in [9.17, 15) is 9.59 Å². The summed E-state index contributed by atoms with van der Waals surface area (Å²) < 4.78 is 4.58. The molecule has 19 heavy (non-hydrogen) atoms. The second-order valence-corrected chi connectivity index (χ2v) is 4.51. The molecule has 0 radical (unpaired) electrons. The van der Waals surface area contributed by atoms with Crippen molar-refractivity contribution >= 4 is 11.9 Å². The SMILES string of the molecule is COC(=O)C[C@H]1C[C@@H](c2ccc(C#N)cc2)NC1=O. The van der Waals surface area contributed by atoms with Gasteiger partial charge >= 0.3 is 5.97 Å². The highest BCUT2D eigenvalue weighted by Crippen LogP contribution is 2.30. The number of carbonyl (C=O) groups is 2. The van der Waals surface area contributed by atoms with Crippen molar-refractivity contribution in [2.24, 2.45) is 5.92 Å². The number of nitriles is 1. The number of rotatable bonds is 3. The number of amides is 1. The number of nitrogens with zero attached hydrogens (tertiary/aromatic N) is 1. The number of carbonyl (C=O) groups excluding carboxylic acids is 2.